The maximum atomic E-state index is 5.75. The third-order valence-corrected chi connectivity index (χ3v) is 9.63. The molecule has 4 nitrogen and oxygen atoms in total. The number of ether oxygens (including phenoxy) is 4. The predicted molar refractivity (Wildman–Crippen MR) is 106 cm³/mol. The van der Waals surface area contributed by atoms with Gasteiger partial charge in [-0.05, 0) is 49.4 Å². The Morgan fingerprint density at radius 2 is 1.00 bits per heavy atom. The van der Waals surface area contributed by atoms with Crippen LogP contribution in [0.2, 0.25) is 0 Å². The molecule has 6 heteroatoms. The van der Waals surface area contributed by atoms with Gasteiger partial charge in [0.15, 0.2) is 11.6 Å². The van der Waals surface area contributed by atoms with Crippen LogP contribution >= 0.6 is 31.9 Å². The van der Waals surface area contributed by atoms with Crippen LogP contribution in [0.3, 0.4) is 0 Å². The van der Waals surface area contributed by atoms with Crippen molar-refractivity contribution in [2.45, 2.75) is 50.1 Å². The van der Waals surface area contributed by atoms with E-state index in [1.807, 2.05) is 0 Å². The first-order valence-electron chi connectivity index (χ1n) is 10.4. The quantitative estimate of drug-likeness (QED) is 0.536. The first-order chi connectivity index (χ1) is 12.7. The van der Waals surface area contributed by atoms with Gasteiger partial charge >= 0.3 is 0 Å². The van der Waals surface area contributed by atoms with E-state index in [-0.39, 0.29) is 11.6 Å². The van der Waals surface area contributed by atoms with Crippen molar-refractivity contribution in [3.63, 3.8) is 0 Å². The summed E-state index contributed by atoms with van der Waals surface area (Å²) in [5.74, 6) is 4.67. The number of rotatable bonds is 2. The molecule has 0 N–H and O–H groups in total. The molecule has 0 radical (unpaired) electrons. The molecule has 6 fully saturated rings. The van der Waals surface area contributed by atoms with Crippen LogP contribution < -0.4 is 0 Å². The number of hydrogen-bond acceptors (Lipinski definition) is 4. The summed E-state index contributed by atoms with van der Waals surface area (Å²) < 4.78 is 23.0. The molecule has 2 aliphatic heterocycles. The highest BCUT2D eigenvalue weighted by Crippen LogP contribution is 2.60. The zero-order chi connectivity index (χ0) is 17.8. The minimum absolute atomic E-state index is 0.123. The standard InChI is InChI=1S/2C10H15BrO2/c2*11-6-7-3-8-5-10(9(8)4-7)12-1-2-13-10/h2*7-9H,1-6H2/t2*7-,8-,9-/m11/s1. The normalized spacial score (nSPS) is 46.4. The molecular formula is C20H30Br2O4. The summed E-state index contributed by atoms with van der Waals surface area (Å²) in [5, 5.41) is 2.30. The molecule has 26 heavy (non-hydrogen) atoms. The zero-order valence-corrected chi connectivity index (χ0v) is 18.5. The number of alkyl halides is 2. The average molecular weight is 494 g/mol. The lowest BCUT2D eigenvalue weighted by atomic mass is 9.70. The maximum absolute atomic E-state index is 5.75. The summed E-state index contributed by atoms with van der Waals surface area (Å²) in [6.07, 6.45) is 7.67. The molecule has 2 saturated heterocycles. The van der Waals surface area contributed by atoms with Gasteiger partial charge in [0.1, 0.15) is 0 Å². The summed E-state index contributed by atoms with van der Waals surface area (Å²) in [7, 11) is 0. The first kappa shape index (κ1) is 18.8. The summed E-state index contributed by atoms with van der Waals surface area (Å²) in [4.78, 5) is 0. The Labute approximate surface area is 173 Å². The van der Waals surface area contributed by atoms with Gasteiger partial charge in [-0.25, -0.2) is 0 Å². The van der Waals surface area contributed by atoms with Crippen LogP contribution in [0.15, 0.2) is 0 Å². The second kappa shape index (κ2) is 7.24. The Hall–Kier alpha value is 0.800. The molecule has 2 spiro atoms. The van der Waals surface area contributed by atoms with E-state index in [1.54, 1.807) is 0 Å². The number of hydrogen-bond donors (Lipinski definition) is 0. The van der Waals surface area contributed by atoms with E-state index in [2.05, 4.69) is 31.9 Å². The lowest BCUT2D eigenvalue weighted by molar-refractivity contribution is -0.267. The monoisotopic (exact) mass is 492 g/mol. The van der Waals surface area contributed by atoms with Gasteiger partial charge < -0.3 is 18.9 Å². The summed E-state index contributed by atoms with van der Waals surface area (Å²) in [5.41, 5.74) is 0. The van der Waals surface area contributed by atoms with Crippen LogP contribution in [0.5, 0.6) is 0 Å². The van der Waals surface area contributed by atoms with E-state index in [0.29, 0.717) is 11.8 Å². The van der Waals surface area contributed by atoms with Gasteiger partial charge in [0.25, 0.3) is 0 Å². The lowest BCUT2D eigenvalue weighted by Gasteiger charge is -2.47. The minimum Gasteiger partial charge on any atom is -0.347 e. The Balaban J connectivity index is 0.000000115. The fourth-order valence-corrected chi connectivity index (χ4v) is 7.64. The highest BCUT2D eigenvalue weighted by atomic mass is 79.9. The molecule has 6 rings (SSSR count). The van der Waals surface area contributed by atoms with Gasteiger partial charge in [-0.3, -0.25) is 0 Å². The number of halogens is 2. The lowest BCUT2D eigenvalue weighted by Crippen LogP contribution is -2.52. The van der Waals surface area contributed by atoms with E-state index < -0.39 is 0 Å². The second-order valence-electron chi connectivity index (χ2n) is 9.14. The second-order valence-corrected chi connectivity index (χ2v) is 10.4. The molecule has 0 aromatic heterocycles. The smallest absolute Gasteiger partial charge is 0.171 e. The fourth-order valence-electron chi connectivity index (χ4n) is 6.58. The van der Waals surface area contributed by atoms with Crippen molar-refractivity contribution < 1.29 is 18.9 Å². The van der Waals surface area contributed by atoms with Gasteiger partial charge in [0, 0.05) is 35.3 Å². The van der Waals surface area contributed by atoms with Crippen LogP contribution in [0, 0.1) is 35.5 Å². The van der Waals surface area contributed by atoms with Crippen molar-refractivity contribution in [3.8, 4) is 0 Å². The molecule has 6 atom stereocenters. The summed E-state index contributed by atoms with van der Waals surface area (Å²) in [6, 6.07) is 0. The molecule has 4 saturated carbocycles. The molecule has 0 aromatic carbocycles. The SMILES string of the molecule is BrC[C@@H]1C[C@@H]2CC3(OCCO3)[C@@H]2C1.BrC[C@@H]1C[C@@H]2CC3(OCCO3)[C@@H]2C1. The molecular weight excluding hydrogens is 464 g/mol. The Morgan fingerprint density at radius 1 is 0.615 bits per heavy atom. The van der Waals surface area contributed by atoms with Crippen molar-refractivity contribution in [2.24, 2.45) is 35.5 Å². The Bertz CT molecular complexity index is 472. The Kier molecular flexibility index (Phi) is 5.24. The van der Waals surface area contributed by atoms with E-state index in [1.165, 1.54) is 25.7 Å². The van der Waals surface area contributed by atoms with Crippen molar-refractivity contribution >= 4 is 31.9 Å². The highest BCUT2D eigenvalue weighted by Gasteiger charge is 2.62. The largest absolute Gasteiger partial charge is 0.347 e. The fraction of sp³-hybridized carbons (Fsp3) is 1.00. The van der Waals surface area contributed by atoms with E-state index in [0.717, 1.165) is 73.6 Å². The summed E-state index contributed by atoms with van der Waals surface area (Å²) in [6.45, 7) is 3.23. The average Bonchev–Trinajstić information content (AvgIpc) is 3.39. The minimum atomic E-state index is -0.123. The topological polar surface area (TPSA) is 36.9 Å². The van der Waals surface area contributed by atoms with Crippen molar-refractivity contribution in [3.05, 3.63) is 0 Å². The van der Waals surface area contributed by atoms with Gasteiger partial charge in [0.05, 0.1) is 26.4 Å². The molecule has 0 aromatic rings. The van der Waals surface area contributed by atoms with Crippen LogP contribution in [0.25, 0.3) is 0 Å². The van der Waals surface area contributed by atoms with E-state index in [9.17, 15) is 0 Å². The van der Waals surface area contributed by atoms with Crippen LogP contribution in [-0.2, 0) is 18.9 Å². The van der Waals surface area contributed by atoms with Crippen LogP contribution in [-0.4, -0.2) is 48.7 Å². The number of fused-ring (bicyclic) bond motifs is 4. The maximum Gasteiger partial charge on any atom is 0.171 e. The zero-order valence-electron chi connectivity index (χ0n) is 15.3. The first-order valence-corrected chi connectivity index (χ1v) is 12.6. The van der Waals surface area contributed by atoms with Gasteiger partial charge in [0.2, 0.25) is 0 Å². The molecule has 2 heterocycles. The van der Waals surface area contributed by atoms with Crippen LogP contribution in [0.1, 0.15) is 38.5 Å². The predicted octanol–water partition coefficient (Wildman–Crippen LogP) is 4.34. The molecule has 148 valence electrons. The molecule has 0 amide bonds. The van der Waals surface area contributed by atoms with Crippen molar-refractivity contribution in [1.82, 2.24) is 0 Å². The van der Waals surface area contributed by atoms with Gasteiger partial charge in [-0.15, -0.1) is 0 Å². The van der Waals surface area contributed by atoms with Crippen molar-refractivity contribution in [2.75, 3.05) is 37.1 Å². The molecule has 0 bridgehead atoms. The molecule has 0 unspecified atom stereocenters. The van der Waals surface area contributed by atoms with Gasteiger partial charge in [-0.1, -0.05) is 31.9 Å². The third kappa shape index (κ3) is 2.97. The third-order valence-electron chi connectivity index (χ3n) is 7.80. The summed E-state index contributed by atoms with van der Waals surface area (Å²) >= 11 is 7.15. The van der Waals surface area contributed by atoms with Crippen LogP contribution in [0.4, 0.5) is 0 Å². The van der Waals surface area contributed by atoms with E-state index in [4.69, 9.17) is 18.9 Å². The van der Waals surface area contributed by atoms with E-state index >= 15 is 0 Å². The highest BCUT2D eigenvalue weighted by molar-refractivity contribution is 9.09. The van der Waals surface area contributed by atoms with Crippen molar-refractivity contribution in [1.29, 1.82) is 0 Å². The Morgan fingerprint density at radius 3 is 1.35 bits per heavy atom. The molecule has 4 aliphatic carbocycles. The van der Waals surface area contributed by atoms with Gasteiger partial charge in [-0.2, -0.15) is 0 Å². The molecule has 6 aliphatic rings.